The Hall–Kier alpha value is -1.30. The summed E-state index contributed by atoms with van der Waals surface area (Å²) >= 11 is 2.84. The predicted molar refractivity (Wildman–Crippen MR) is 60.4 cm³/mol. The summed E-state index contributed by atoms with van der Waals surface area (Å²) in [5.74, 6) is -3.55. The SMILES string of the molecule is Cc1cc(F)c(C(=O)C(Br)CC(=O)O)cc1F. The van der Waals surface area contributed by atoms with Crippen molar-refractivity contribution in [3.63, 3.8) is 0 Å². The van der Waals surface area contributed by atoms with Crippen molar-refractivity contribution >= 4 is 27.7 Å². The summed E-state index contributed by atoms with van der Waals surface area (Å²) in [6.07, 6.45) is -0.492. The predicted octanol–water partition coefficient (Wildman–Crippen LogP) is 2.69. The van der Waals surface area contributed by atoms with Crippen LogP contribution in [0.5, 0.6) is 0 Å². The van der Waals surface area contributed by atoms with Crippen molar-refractivity contribution in [2.75, 3.05) is 0 Å². The molecular weight excluding hydrogens is 298 g/mol. The number of hydrogen-bond donors (Lipinski definition) is 1. The minimum atomic E-state index is -1.20. The number of carboxylic acids is 1. The van der Waals surface area contributed by atoms with E-state index in [9.17, 15) is 18.4 Å². The zero-order valence-electron chi connectivity index (χ0n) is 8.84. The second-order valence-corrected chi connectivity index (χ2v) is 4.62. The zero-order valence-corrected chi connectivity index (χ0v) is 10.4. The lowest BCUT2D eigenvalue weighted by Gasteiger charge is -2.08. The molecule has 1 atom stereocenters. The molecule has 0 aliphatic rings. The molecule has 92 valence electrons. The van der Waals surface area contributed by atoms with Crippen LogP contribution in [0.15, 0.2) is 12.1 Å². The van der Waals surface area contributed by atoms with Crippen molar-refractivity contribution < 1.29 is 23.5 Å². The molecule has 0 saturated heterocycles. The second kappa shape index (κ2) is 5.35. The van der Waals surface area contributed by atoms with Gasteiger partial charge in [-0.1, -0.05) is 15.9 Å². The van der Waals surface area contributed by atoms with Gasteiger partial charge in [-0.25, -0.2) is 8.78 Å². The summed E-state index contributed by atoms with van der Waals surface area (Å²) in [5, 5.41) is 8.50. The smallest absolute Gasteiger partial charge is 0.304 e. The topological polar surface area (TPSA) is 54.4 Å². The fourth-order valence-corrected chi connectivity index (χ4v) is 1.77. The molecule has 1 N–H and O–H groups in total. The number of ketones is 1. The van der Waals surface area contributed by atoms with E-state index in [1.54, 1.807) is 0 Å². The van der Waals surface area contributed by atoms with Gasteiger partial charge in [-0.2, -0.15) is 0 Å². The molecule has 0 bridgehead atoms. The van der Waals surface area contributed by atoms with Gasteiger partial charge in [0.05, 0.1) is 16.8 Å². The van der Waals surface area contributed by atoms with Crippen LogP contribution in [0.1, 0.15) is 22.3 Å². The van der Waals surface area contributed by atoms with Crippen molar-refractivity contribution in [1.82, 2.24) is 0 Å². The van der Waals surface area contributed by atoms with E-state index in [1.807, 2.05) is 0 Å². The van der Waals surface area contributed by atoms with Crippen molar-refractivity contribution in [2.45, 2.75) is 18.2 Å². The van der Waals surface area contributed by atoms with Crippen LogP contribution in [-0.2, 0) is 4.79 Å². The summed E-state index contributed by atoms with van der Waals surface area (Å²) in [5.41, 5.74) is -0.361. The molecule has 0 heterocycles. The van der Waals surface area contributed by atoms with Crippen LogP contribution in [0.3, 0.4) is 0 Å². The number of carboxylic acid groups (broad SMARTS) is 1. The van der Waals surface area contributed by atoms with Crippen LogP contribution in [0.2, 0.25) is 0 Å². The molecule has 1 aromatic rings. The van der Waals surface area contributed by atoms with E-state index in [0.717, 1.165) is 12.1 Å². The van der Waals surface area contributed by atoms with Crippen molar-refractivity contribution in [3.8, 4) is 0 Å². The number of rotatable bonds is 4. The van der Waals surface area contributed by atoms with Crippen LogP contribution < -0.4 is 0 Å². The van der Waals surface area contributed by atoms with Crippen LogP contribution in [0.25, 0.3) is 0 Å². The number of Topliss-reactive ketones (excluding diaryl/α,β-unsaturated/α-hetero) is 1. The van der Waals surface area contributed by atoms with Crippen LogP contribution in [0, 0.1) is 18.6 Å². The molecule has 3 nitrogen and oxygen atoms in total. The lowest BCUT2D eigenvalue weighted by molar-refractivity contribution is -0.136. The molecule has 1 rings (SSSR count). The zero-order chi connectivity index (χ0) is 13.2. The van der Waals surface area contributed by atoms with E-state index < -0.39 is 40.2 Å². The molecular formula is C11H9BrF2O3. The molecule has 0 aliphatic heterocycles. The van der Waals surface area contributed by atoms with Crippen LogP contribution >= 0.6 is 15.9 Å². The van der Waals surface area contributed by atoms with Gasteiger partial charge in [0.2, 0.25) is 0 Å². The third-order valence-corrected chi connectivity index (χ3v) is 2.89. The molecule has 0 saturated carbocycles. The summed E-state index contributed by atoms with van der Waals surface area (Å²) in [7, 11) is 0. The minimum Gasteiger partial charge on any atom is -0.481 e. The van der Waals surface area contributed by atoms with E-state index in [2.05, 4.69) is 15.9 Å². The Bertz CT molecular complexity index is 474. The van der Waals surface area contributed by atoms with Crippen LogP contribution in [0.4, 0.5) is 8.78 Å². The average molecular weight is 307 g/mol. The number of carbonyl (C=O) groups is 2. The molecule has 0 amide bonds. The number of carbonyl (C=O) groups excluding carboxylic acids is 1. The first-order valence-corrected chi connectivity index (χ1v) is 5.60. The first-order chi connectivity index (χ1) is 7.82. The highest BCUT2D eigenvalue weighted by atomic mass is 79.9. The van der Waals surface area contributed by atoms with Crippen LogP contribution in [-0.4, -0.2) is 21.7 Å². The lowest BCUT2D eigenvalue weighted by Crippen LogP contribution is -2.19. The first-order valence-electron chi connectivity index (χ1n) is 4.68. The van der Waals surface area contributed by atoms with Gasteiger partial charge in [0.25, 0.3) is 0 Å². The molecule has 0 aromatic heterocycles. The summed E-state index contributed by atoms with van der Waals surface area (Å²) in [4.78, 5) is 21.0. The van der Waals surface area contributed by atoms with E-state index >= 15 is 0 Å². The maximum absolute atomic E-state index is 13.4. The monoisotopic (exact) mass is 306 g/mol. The Labute approximate surface area is 105 Å². The summed E-state index contributed by atoms with van der Waals surface area (Å²) < 4.78 is 26.6. The third-order valence-electron chi connectivity index (χ3n) is 2.15. The molecule has 6 heteroatoms. The number of hydrogen-bond acceptors (Lipinski definition) is 2. The van der Waals surface area contributed by atoms with Gasteiger partial charge in [-0.05, 0) is 24.6 Å². The minimum absolute atomic E-state index is 0.0865. The molecule has 1 unspecified atom stereocenters. The Morgan fingerprint density at radius 3 is 2.47 bits per heavy atom. The molecule has 0 fully saturated rings. The van der Waals surface area contributed by atoms with E-state index in [0.29, 0.717) is 0 Å². The number of aryl methyl sites for hydroxylation is 1. The van der Waals surface area contributed by atoms with E-state index in [4.69, 9.17) is 5.11 Å². The number of halogens is 3. The third kappa shape index (κ3) is 3.33. The number of benzene rings is 1. The number of aliphatic carboxylic acids is 1. The van der Waals surface area contributed by atoms with Gasteiger partial charge < -0.3 is 5.11 Å². The highest BCUT2D eigenvalue weighted by molar-refractivity contribution is 9.10. The second-order valence-electron chi connectivity index (χ2n) is 3.51. The Kier molecular flexibility index (Phi) is 4.34. The maximum Gasteiger partial charge on any atom is 0.304 e. The lowest BCUT2D eigenvalue weighted by atomic mass is 10.0. The largest absolute Gasteiger partial charge is 0.481 e. The van der Waals surface area contributed by atoms with Gasteiger partial charge in [0.1, 0.15) is 11.6 Å². The molecule has 0 aliphatic carbocycles. The maximum atomic E-state index is 13.4. The highest BCUT2D eigenvalue weighted by Crippen LogP contribution is 2.19. The van der Waals surface area contributed by atoms with Crippen molar-refractivity contribution in [1.29, 1.82) is 0 Å². The number of alkyl halides is 1. The van der Waals surface area contributed by atoms with Gasteiger partial charge in [0.15, 0.2) is 5.78 Å². The Morgan fingerprint density at radius 2 is 1.94 bits per heavy atom. The molecule has 0 spiro atoms. The van der Waals surface area contributed by atoms with Gasteiger partial charge in [-0.3, -0.25) is 9.59 Å². The van der Waals surface area contributed by atoms with E-state index in [-0.39, 0.29) is 5.56 Å². The van der Waals surface area contributed by atoms with Crippen molar-refractivity contribution in [3.05, 3.63) is 34.9 Å². The van der Waals surface area contributed by atoms with Gasteiger partial charge in [0, 0.05) is 0 Å². The standard InChI is InChI=1S/C11H9BrF2O3/c1-5-2-9(14)6(3-8(5)13)11(17)7(12)4-10(15)16/h2-3,7H,4H2,1H3,(H,15,16). The molecule has 17 heavy (non-hydrogen) atoms. The van der Waals surface area contributed by atoms with Crippen molar-refractivity contribution in [2.24, 2.45) is 0 Å². The van der Waals surface area contributed by atoms with Gasteiger partial charge >= 0.3 is 5.97 Å². The quantitative estimate of drug-likeness (QED) is 0.687. The normalized spacial score (nSPS) is 12.2. The first kappa shape index (κ1) is 13.8. The van der Waals surface area contributed by atoms with E-state index in [1.165, 1.54) is 6.92 Å². The molecule has 1 aromatic carbocycles. The summed E-state index contributed by atoms with van der Waals surface area (Å²) in [6, 6.07) is 1.69. The fraction of sp³-hybridized carbons (Fsp3) is 0.273. The summed E-state index contributed by atoms with van der Waals surface area (Å²) in [6.45, 7) is 1.37. The fourth-order valence-electron chi connectivity index (χ4n) is 1.25. The van der Waals surface area contributed by atoms with Gasteiger partial charge in [-0.15, -0.1) is 0 Å². The highest BCUT2D eigenvalue weighted by Gasteiger charge is 2.23. The Balaban J connectivity index is 3.04. The Morgan fingerprint density at radius 1 is 1.35 bits per heavy atom. The molecule has 0 radical (unpaired) electrons. The average Bonchev–Trinajstić information content (AvgIpc) is 2.21.